The van der Waals surface area contributed by atoms with Crippen molar-refractivity contribution in [1.29, 1.82) is 0 Å². The lowest BCUT2D eigenvalue weighted by atomic mass is 9.98. The van der Waals surface area contributed by atoms with Gasteiger partial charge in [-0.3, -0.25) is 0 Å². The SMILES string of the molecule is CCC(NC)c1ccc(N2C3CCC2CC(O)C3)cc1. The molecule has 1 aromatic carbocycles. The molecule has 2 aliphatic rings. The van der Waals surface area contributed by atoms with Crippen molar-refractivity contribution in [3.05, 3.63) is 29.8 Å². The molecule has 3 atom stereocenters. The molecule has 3 unspecified atom stereocenters. The number of piperidine rings is 1. The van der Waals surface area contributed by atoms with E-state index in [-0.39, 0.29) is 6.10 Å². The van der Waals surface area contributed by atoms with E-state index < -0.39 is 0 Å². The summed E-state index contributed by atoms with van der Waals surface area (Å²) in [6, 6.07) is 10.6. The fourth-order valence-corrected chi connectivity index (χ4v) is 4.06. The van der Waals surface area contributed by atoms with Crippen LogP contribution in [0.5, 0.6) is 0 Å². The van der Waals surface area contributed by atoms with Crippen LogP contribution in [0.1, 0.15) is 50.6 Å². The molecule has 3 heteroatoms. The minimum atomic E-state index is -0.0863. The summed E-state index contributed by atoms with van der Waals surface area (Å²) in [5.41, 5.74) is 2.70. The first-order valence-electron chi connectivity index (χ1n) is 7.96. The maximum absolute atomic E-state index is 9.90. The van der Waals surface area contributed by atoms with Gasteiger partial charge in [-0.2, -0.15) is 0 Å². The Balaban J connectivity index is 1.78. The van der Waals surface area contributed by atoms with Crippen LogP contribution >= 0.6 is 0 Å². The molecule has 2 saturated heterocycles. The predicted octanol–water partition coefficient (Wildman–Crippen LogP) is 2.85. The number of aliphatic hydroxyl groups excluding tert-OH is 1. The van der Waals surface area contributed by atoms with Gasteiger partial charge in [-0.1, -0.05) is 19.1 Å². The largest absolute Gasteiger partial charge is 0.393 e. The maximum atomic E-state index is 9.90. The van der Waals surface area contributed by atoms with Crippen molar-refractivity contribution in [2.45, 2.75) is 63.3 Å². The molecule has 0 saturated carbocycles. The number of aliphatic hydroxyl groups is 1. The number of nitrogens with one attached hydrogen (secondary N) is 1. The van der Waals surface area contributed by atoms with E-state index in [4.69, 9.17) is 0 Å². The van der Waals surface area contributed by atoms with Crippen molar-refractivity contribution in [2.24, 2.45) is 0 Å². The van der Waals surface area contributed by atoms with Crippen molar-refractivity contribution in [2.75, 3.05) is 11.9 Å². The van der Waals surface area contributed by atoms with Crippen LogP contribution in [0.3, 0.4) is 0 Å². The molecule has 0 amide bonds. The van der Waals surface area contributed by atoms with Crippen LogP contribution in [0.2, 0.25) is 0 Å². The van der Waals surface area contributed by atoms with E-state index in [1.54, 1.807) is 0 Å². The number of hydrogen-bond acceptors (Lipinski definition) is 3. The number of benzene rings is 1. The first-order chi connectivity index (χ1) is 9.72. The Morgan fingerprint density at radius 1 is 1.20 bits per heavy atom. The summed E-state index contributed by atoms with van der Waals surface area (Å²) >= 11 is 0. The Labute approximate surface area is 122 Å². The van der Waals surface area contributed by atoms with Crippen LogP contribution in [-0.4, -0.2) is 30.3 Å². The van der Waals surface area contributed by atoms with Gasteiger partial charge in [-0.15, -0.1) is 0 Å². The van der Waals surface area contributed by atoms with Gasteiger partial charge in [0.15, 0.2) is 0 Å². The molecule has 2 bridgehead atoms. The number of fused-ring (bicyclic) bond motifs is 2. The van der Waals surface area contributed by atoms with Gasteiger partial charge in [-0.05, 0) is 56.8 Å². The van der Waals surface area contributed by atoms with Gasteiger partial charge in [0.1, 0.15) is 0 Å². The van der Waals surface area contributed by atoms with Crippen LogP contribution in [0, 0.1) is 0 Å². The van der Waals surface area contributed by atoms with Crippen molar-refractivity contribution in [3.63, 3.8) is 0 Å². The lowest BCUT2D eigenvalue weighted by molar-refractivity contribution is 0.126. The predicted molar refractivity (Wildman–Crippen MR) is 83.1 cm³/mol. The van der Waals surface area contributed by atoms with Crippen LogP contribution in [0.25, 0.3) is 0 Å². The first-order valence-corrected chi connectivity index (χ1v) is 7.96. The highest BCUT2D eigenvalue weighted by molar-refractivity contribution is 5.51. The Bertz CT molecular complexity index is 427. The molecule has 2 N–H and O–H groups in total. The zero-order valence-electron chi connectivity index (χ0n) is 12.5. The molecule has 0 aromatic heterocycles. The fourth-order valence-electron chi connectivity index (χ4n) is 4.06. The van der Waals surface area contributed by atoms with Crippen LogP contribution < -0.4 is 10.2 Å². The average molecular weight is 274 g/mol. The highest BCUT2D eigenvalue weighted by Gasteiger charge is 2.40. The van der Waals surface area contributed by atoms with Gasteiger partial charge in [0.25, 0.3) is 0 Å². The Morgan fingerprint density at radius 2 is 1.80 bits per heavy atom. The summed E-state index contributed by atoms with van der Waals surface area (Å²) in [6.07, 6.45) is 5.36. The van der Waals surface area contributed by atoms with E-state index in [1.165, 1.54) is 24.1 Å². The molecule has 2 heterocycles. The van der Waals surface area contributed by atoms with E-state index in [0.717, 1.165) is 19.3 Å². The summed E-state index contributed by atoms with van der Waals surface area (Å²) in [4.78, 5) is 2.55. The molecular formula is C17H26N2O. The van der Waals surface area contributed by atoms with E-state index in [2.05, 4.69) is 41.4 Å². The van der Waals surface area contributed by atoms with E-state index in [0.29, 0.717) is 18.1 Å². The molecule has 110 valence electrons. The summed E-state index contributed by atoms with van der Waals surface area (Å²) in [5, 5.41) is 13.3. The molecule has 2 aliphatic heterocycles. The number of anilines is 1. The van der Waals surface area contributed by atoms with E-state index in [1.807, 2.05) is 7.05 Å². The Morgan fingerprint density at radius 3 is 2.30 bits per heavy atom. The lowest BCUT2D eigenvalue weighted by Crippen LogP contribution is -2.44. The molecule has 2 fully saturated rings. The molecule has 0 spiro atoms. The fraction of sp³-hybridized carbons (Fsp3) is 0.647. The van der Waals surface area contributed by atoms with Crippen molar-refractivity contribution in [3.8, 4) is 0 Å². The summed E-state index contributed by atoms with van der Waals surface area (Å²) in [7, 11) is 2.02. The summed E-state index contributed by atoms with van der Waals surface area (Å²) in [6.45, 7) is 2.21. The summed E-state index contributed by atoms with van der Waals surface area (Å²) < 4.78 is 0. The Hall–Kier alpha value is -1.06. The van der Waals surface area contributed by atoms with E-state index in [9.17, 15) is 5.11 Å². The molecule has 1 aromatic rings. The van der Waals surface area contributed by atoms with Gasteiger partial charge in [0, 0.05) is 23.8 Å². The minimum Gasteiger partial charge on any atom is -0.393 e. The second-order valence-electron chi connectivity index (χ2n) is 6.26. The lowest BCUT2D eigenvalue weighted by Gasteiger charge is -2.39. The van der Waals surface area contributed by atoms with Gasteiger partial charge < -0.3 is 15.3 Å². The van der Waals surface area contributed by atoms with Gasteiger partial charge in [0.2, 0.25) is 0 Å². The van der Waals surface area contributed by atoms with E-state index >= 15 is 0 Å². The van der Waals surface area contributed by atoms with Crippen molar-refractivity contribution < 1.29 is 5.11 Å². The first kappa shape index (κ1) is 13.9. The molecule has 3 rings (SSSR count). The molecule has 0 radical (unpaired) electrons. The van der Waals surface area contributed by atoms with Crippen molar-refractivity contribution >= 4 is 5.69 Å². The van der Waals surface area contributed by atoms with Crippen LogP contribution in [0.4, 0.5) is 5.69 Å². The summed E-state index contributed by atoms with van der Waals surface area (Å²) in [5.74, 6) is 0. The van der Waals surface area contributed by atoms with Gasteiger partial charge in [-0.25, -0.2) is 0 Å². The monoisotopic (exact) mass is 274 g/mol. The zero-order valence-corrected chi connectivity index (χ0v) is 12.5. The standard InChI is InChI=1S/C17H26N2O/c1-3-17(18-2)12-4-6-13(7-5-12)19-14-8-9-15(19)11-16(20)10-14/h4-7,14-18,20H,3,8-11H2,1-2H3. The Kier molecular flexibility index (Phi) is 3.99. The topological polar surface area (TPSA) is 35.5 Å². The molecule has 0 aliphatic carbocycles. The van der Waals surface area contributed by atoms with Crippen molar-refractivity contribution in [1.82, 2.24) is 5.32 Å². The third kappa shape index (κ3) is 2.45. The van der Waals surface area contributed by atoms with Crippen LogP contribution in [0.15, 0.2) is 24.3 Å². The number of hydrogen-bond donors (Lipinski definition) is 2. The maximum Gasteiger partial charge on any atom is 0.0579 e. The molecule has 3 nitrogen and oxygen atoms in total. The highest BCUT2D eigenvalue weighted by Crippen LogP contribution is 2.39. The number of rotatable bonds is 4. The third-order valence-electron chi connectivity index (χ3n) is 5.06. The second kappa shape index (κ2) is 5.74. The smallest absolute Gasteiger partial charge is 0.0579 e. The number of nitrogens with zero attached hydrogens (tertiary/aromatic N) is 1. The van der Waals surface area contributed by atoms with Crippen LogP contribution in [-0.2, 0) is 0 Å². The molecular weight excluding hydrogens is 248 g/mol. The minimum absolute atomic E-state index is 0.0863. The highest BCUT2D eigenvalue weighted by atomic mass is 16.3. The normalized spacial score (nSPS) is 30.6. The second-order valence-corrected chi connectivity index (χ2v) is 6.26. The average Bonchev–Trinajstić information content (AvgIpc) is 2.73. The van der Waals surface area contributed by atoms with Gasteiger partial charge >= 0.3 is 0 Å². The van der Waals surface area contributed by atoms with Gasteiger partial charge in [0.05, 0.1) is 6.10 Å². The molecule has 20 heavy (non-hydrogen) atoms. The third-order valence-corrected chi connectivity index (χ3v) is 5.06. The quantitative estimate of drug-likeness (QED) is 0.886. The zero-order chi connectivity index (χ0) is 14.1.